The van der Waals surface area contributed by atoms with E-state index in [0.717, 1.165) is 25.0 Å². The third kappa shape index (κ3) is 3.25. The van der Waals surface area contributed by atoms with E-state index < -0.39 is 0 Å². The molecule has 0 aliphatic carbocycles. The number of carbonyl (C=O) groups excluding carboxylic acids is 1. The minimum Gasteiger partial charge on any atom is -0.376 e. The van der Waals surface area contributed by atoms with E-state index in [0.29, 0.717) is 18.8 Å². The third-order valence-corrected chi connectivity index (χ3v) is 2.81. The molecule has 2 heterocycles. The molecule has 1 fully saturated rings. The molecule has 1 aromatic rings. The van der Waals surface area contributed by atoms with E-state index in [9.17, 15) is 4.79 Å². The zero-order valence-corrected chi connectivity index (χ0v) is 9.69. The number of hydrogen-bond donors (Lipinski definition) is 2. The van der Waals surface area contributed by atoms with E-state index in [1.807, 2.05) is 0 Å². The maximum absolute atomic E-state index is 11.8. The van der Waals surface area contributed by atoms with Gasteiger partial charge in [0.05, 0.1) is 6.10 Å². The molecule has 5 heteroatoms. The Morgan fingerprint density at radius 1 is 1.65 bits per heavy atom. The molecule has 1 atom stereocenters. The average molecular weight is 235 g/mol. The second kappa shape index (κ2) is 5.75. The van der Waals surface area contributed by atoms with Crippen molar-refractivity contribution in [2.45, 2.75) is 25.5 Å². The standard InChI is InChI=1S/C12H17N3O2/c13-7-9-3-4-14-11(6-9)12(16)15-8-10-2-1-5-17-10/h3-4,6,10H,1-2,5,7-8,13H2,(H,15,16). The van der Waals surface area contributed by atoms with Crippen molar-refractivity contribution in [2.24, 2.45) is 5.73 Å². The predicted molar refractivity (Wildman–Crippen MR) is 63.4 cm³/mol. The van der Waals surface area contributed by atoms with Gasteiger partial charge in [-0.1, -0.05) is 0 Å². The van der Waals surface area contributed by atoms with Gasteiger partial charge in [-0.25, -0.2) is 0 Å². The van der Waals surface area contributed by atoms with Crippen LogP contribution in [-0.2, 0) is 11.3 Å². The number of hydrogen-bond acceptors (Lipinski definition) is 4. The van der Waals surface area contributed by atoms with Crippen molar-refractivity contribution in [3.8, 4) is 0 Å². The van der Waals surface area contributed by atoms with Gasteiger partial charge in [0, 0.05) is 25.9 Å². The van der Waals surface area contributed by atoms with Gasteiger partial charge in [-0.15, -0.1) is 0 Å². The fourth-order valence-electron chi connectivity index (χ4n) is 1.83. The normalized spacial score (nSPS) is 19.2. The number of nitrogens with zero attached hydrogens (tertiary/aromatic N) is 1. The smallest absolute Gasteiger partial charge is 0.269 e. The monoisotopic (exact) mass is 235 g/mol. The van der Waals surface area contributed by atoms with E-state index in [2.05, 4.69) is 10.3 Å². The number of nitrogens with two attached hydrogens (primary N) is 1. The molecule has 1 unspecified atom stereocenters. The Morgan fingerprint density at radius 2 is 2.53 bits per heavy atom. The molecule has 0 saturated carbocycles. The maximum Gasteiger partial charge on any atom is 0.269 e. The lowest BCUT2D eigenvalue weighted by molar-refractivity contribution is 0.0853. The first-order valence-corrected chi connectivity index (χ1v) is 5.84. The molecule has 0 bridgehead atoms. The first-order valence-electron chi connectivity index (χ1n) is 5.84. The van der Waals surface area contributed by atoms with Crippen LogP contribution in [0.3, 0.4) is 0 Å². The molecule has 17 heavy (non-hydrogen) atoms. The number of nitrogens with one attached hydrogen (secondary N) is 1. The summed E-state index contributed by atoms with van der Waals surface area (Å²) >= 11 is 0. The van der Waals surface area contributed by atoms with Crippen LogP contribution in [0.5, 0.6) is 0 Å². The average Bonchev–Trinajstić information content (AvgIpc) is 2.89. The summed E-state index contributed by atoms with van der Waals surface area (Å²) in [5, 5.41) is 2.82. The van der Waals surface area contributed by atoms with Crippen LogP contribution < -0.4 is 11.1 Å². The summed E-state index contributed by atoms with van der Waals surface area (Å²) in [6, 6.07) is 3.52. The maximum atomic E-state index is 11.8. The summed E-state index contributed by atoms with van der Waals surface area (Å²) in [6.07, 6.45) is 3.83. The second-order valence-electron chi connectivity index (χ2n) is 4.10. The topological polar surface area (TPSA) is 77.2 Å². The highest BCUT2D eigenvalue weighted by Gasteiger charge is 2.17. The molecule has 1 aliphatic heterocycles. The van der Waals surface area contributed by atoms with Crippen molar-refractivity contribution in [2.75, 3.05) is 13.2 Å². The largest absolute Gasteiger partial charge is 0.376 e. The second-order valence-corrected chi connectivity index (χ2v) is 4.10. The molecule has 0 aromatic carbocycles. The van der Waals surface area contributed by atoms with Gasteiger partial charge in [0.15, 0.2) is 0 Å². The Hall–Kier alpha value is -1.46. The van der Waals surface area contributed by atoms with Crippen LogP contribution in [0.4, 0.5) is 0 Å². The molecule has 5 nitrogen and oxygen atoms in total. The fourth-order valence-corrected chi connectivity index (χ4v) is 1.83. The quantitative estimate of drug-likeness (QED) is 0.794. The Bertz CT molecular complexity index is 389. The highest BCUT2D eigenvalue weighted by Crippen LogP contribution is 2.10. The zero-order chi connectivity index (χ0) is 12.1. The van der Waals surface area contributed by atoms with E-state index in [1.165, 1.54) is 0 Å². The molecule has 92 valence electrons. The predicted octanol–water partition coefficient (Wildman–Crippen LogP) is 0.449. The summed E-state index contributed by atoms with van der Waals surface area (Å²) in [4.78, 5) is 15.8. The van der Waals surface area contributed by atoms with Gasteiger partial charge in [-0.05, 0) is 30.5 Å². The van der Waals surface area contributed by atoms with Crippen LogP contribution in [-0.4, -0.2) is 30.1 Å². The minimum atomic E-state index is -0.171. The van der Waals surface area contributed by atoms with Crippen molar-refractivity contribution >= 4 is 5.91 Å². The Balaban J connectivity index is 1.89. The molecular formula is C12H17N3O2. The van der Waals surface area contributed by atoms with E-state index in [1.54, 1.807) is 18.3 Å². The summed E-state index contributed by atoms with van der Waals surface area (Å²) in [5.41, 5.74) is 6.83. The third-order valence-electron chi connectivity index (χ3n) is 2.81. The number of rotatable bonds is 4. The number of ether oxygens (including phenoxy) is 1. The molecule has 0 spiro atoms. The molecule has 1 saturated heterocycles. The van der Waals surface area contributed by atoms with Gasteiger partial charge in [-0.2, -0.15) is 0 Å². The summed E-state index contributed by atoms with van der Waals surface area (Å²) in [6.45, 7) is 1.75. The number of amides is 1. The number of pyridine rings is 1. The highest BCUT2D eigenvalue weighted by molar-refractivity contribution is 5.92. The van der Waals surface area contributed by atoms with E-state index in [4.69, 9.17) is 10.5 Å². The minimum absolute atomic E-state index is 0.150. The fraction of sp³-hybridized carbons (Fsp3) is 0.500. The molecule has 1 aliphatic rings. The van der Waals surface area contributed by atoms with Gasteiger partial charge in [0.1, 0.15) is 5.69 Å². The number of carbonyl (C=O) groups is 1. The molecular weight excluding hydrogens is 218 g/mol. The van der Waals surface area contributed by atoms with Gasteiger partial charge < -0.3 is 15.8 Å². The first kappa shape index (κ1) is 12.0. The zero-order valence-electron chi connectivity index (χ0n) is 9.69. The Kier molecular flexibility index (Phi) is 4.06. The van der Waals surface area contributed by atoms with Crippen LogP contribution in [0.25, 0.3) is 0 Å². The summed E-state index contributed by atoms with van der Waals surface area (Å²) in [7, 11) is 0. The van der Waals surface area contributed by atoms with Crippen molar-refractivity contribution in [3.63, 3.8) is 0 Å². The van der Waals surface area contributed by atoms with Gasteiger partial charge in [0.25, 0.3) is 5.91 Å². The van der Waals surface area contributed by atoms with Gasteiger partial charge >= 0.3 is 0 Å². The molecule has 0 radical (unpaired) electrons. The lowest BCUT2D eigenvalue weighted by Gasteiger charge is -2.10. The van der Waals surface area contributed by atoms with Crippen LogP contribution in [0.15, 0.2) is 18.3 Å². The SMILES string of the molecule is NCc1ccnc(C(=O)NCC2CCCO2)c1. The van der Waals surface area contributed by atoms with Crippen LogP contribution >= 0.6 is 0 Å². The summed E-state index contributed by atoms with van der Waals surface area (Å²) < 4.78 is 5.43. The molecule has 1 aromatic heterocycles. The molecule has 1 amide bonds. The number of aromatic nitrogens is 1. The Labute approximate surface area is 100 Å². The molecule has 3 N–H and O–H groups in total. The van der Waals surface area contributed by atoms with Gasteiger partial charge in [-0.3, -0.25) is 9.78 Å². The highest BCUT2D eigenvalue weighted by atomic mass is 16.5. The van der Waals surface area contributed by atoms with Gasteiger partial charge in [0.2, 0.25) is 0 Å². The van der Waals surface area contributed by atoms with Crippen molar-refractivity contribution in [3.05, 3.63) is 29.6 Å². The van der Waals surface area contributed by atoms with Crippen LogP contribution in [0, 0.1) is 0 Å². The van der Waals surface area contributed by atoms with Crippen molar-refractivity contribution in [1.29, 1.82) is 0 Å². The lowest BCUT2D eigenvalue weighted by atomic mass is 10.2. The molecule has 2 rings (SSSR count). The van der Waals surface area contributed by atoms with E-state index in [-0.39, 0.29) is 12.0 Å². The lowest BCUT2D eigenvalue weighted by Crippen LogP contribution is -2.32. The van der Waals surface area contributed by atoms with Crippen LogP contribution in [0.2, 0.25) is 0 Å². The van der Waals surface area contributed by atoms with Crippen molar-refractivity contribution in [1.82, 2.24) is 10.3 Å². The summed E-state index contributed by atoms with van der Waals surface area (Å²) in [5.74, 6) is -0.171. The van der Waals surface area contributed by atoms with Crippen LogP contribution in [0.1, 0.15) is 28.9 Å². The van der Waals surface area contributed by atoms with Crippen molar-refractivity contribution < 1.29 is 9.53 Å². The van der Waals surface area contributed by atoms with E-state index >= 15 is 0 Å². The first-order chi connectivity index (χ1) is 8.29. The Morgan fingerprint density at radius 3 is 3.24 bits per heavy atom.